The minimum Gasteiger partial charge on any atom is -0.458 e. The molecule has 1 heterocycles. The van der Waals surface area contributed by atoms with Crippen molar-refractivity contribution >= 4 is 22.6 Å². The van der Waals surface area contributed by atoms with E-state index in [2.05, 4.69) is 0 Å². The number of hydrogen-bond donors (Lipinski definition) is 0. The Balaban J connectivity index is 2.27. The smallest absolute Gasteiger partial charge is 0.169 e. The van der Waals surface area contributed by atoms with Crippen molar-refractivity contribution in [2.45, 2.75) is 25.1 Å². The fraction of sp³-hybridized carbons (Fsp3) is 0.333. The van der Waals surface area contributed by atoms with Gasteiger partial charge in [-0.15, -0.1) is 11.6 Å². The molecule has 1 aromatic heterocycles. The van der Waals surface area contributed by atoms with Crippen LogP contribution in [-0.2, 0) is 6.42 Å². The van der Waals surface area contributed by atoms with Crippen LogP contribution in [-0.4, -0.2) is 5.38 Å². The average Bonchev–Trinajstić information content (AvgIpc) is 2.59. The largest absolute Gasteiger partial charge is 0.458 e. The van der Waals surface area contributed by atoms with Crippen LogP contribution in [0, 0.1) is 5.82 Å². The van der Waals surface area contributed by atoms with Gasteiger partial charge in [0.15, 0.2) is 11.4 Å². The van der Waals surface area contributed by atoms with E-state index in [0.717, 1.165) is 24.0 Å². The highest BCUT2D eigenvalue weighted by molar-refractivity contribution is 6.20. The molecule has 0 N–H and O–H groups in total. The number of para-hydroxylation sites is 1. The zero-order chi connectivity index (χ0) is 10.8. The molecule has 0 spiro atoms. The van der Waals surface area contributed by atoms with Gasteiger partial charge in [0.25, 0.3) is 0 Å². The van der Waals surface area contributed by atoms with E-state index >= 15 is 0 Å². The van der Waals surface area contributed by atoms with Crippen LogP contribution in [0.5, 0.6) is 0 Å². The van der Waals surface area contributed by atoms with E-state index in [9.17, 15) is 4.39 Å². The van der Waals surface area contributed by atoms with Gasteiger partial charge in [0.1, 0.15) is 5.76 Å². The van der Waals surface area contributed by atoms with Crippen molar-refractivity contribution in [1.82, 2.24) is 0 Å². The Hall–Kier alpha value is -1.02. The molecule has 0 bridgehead atoms. The molecule has 0 saturated carbocycles. The van der Waals surface area contributed by atoms with E-state index in [1.54, 1.807) is 6.07 Å². The van der Waals surface area contributed by atoms with Gasteiger partial charge in [0, 0.05) is 17.2 Å². The molecule has 1 aromatic carbocycles. The Morgan fingerprint density at radius 1 is 1.47 bits per heavy atom. The summed E-state index contributed by atoms with van der Waals surface area (Å²) >= 11 is 5.84. The van der Waals surface area contributed by atoms with Crippen LogP contribution in [0.2, 0.25) is 0 Å². The summed E-state index contributed by atoms with van der Waals surface area (Å²) < 4.78 is 18.7. The second kappa shape index (κ2) is 4.23. The lowest BCUT2D eigenvalue weighted by molar-refractivity contribution is 0.512. The van der Waals surface area contributed by atoms with E-state index in [4.69, 9.17) is 16.0 Å². The molecule has 1 nitrogen and oxygen atoms in total. The molecular formula is C12H12ClFO. The molecule has 0 fully saturated rings. The second-order valence-electron chi connectivity index (χ2n) is 3.69. The third-order valence-electron chi connectivity index (χ3n) is 2.34. The monoisotopic (exact) mass is 226 g/mol. The molecule has 0 saturated heterocycles. The van der Waals surface area contributed by atoms with Gasteiger partial charge in [-0.25, -0.2) is 4.39 Å². The summed E-state index contributed by atoms with van der Waals surface area (Å²) in [6.07, 6.45) is 1.59. The quantitative estimate of drug-likeness (QED) is 0.718. The lowest BCUT2D eigenvalue weighted by Gasteiger charge is -1.98. The molecule has 3 heteroatoms. The summed E-state index contributed by atoms with van der Waals surface area (Å²) in [7, 11) is 0. The molecule has 0 amide bonds. The van der Waals surface area contributed by atoms with Crippen molar-refractivity contribution in [3.8, 4) is 0 Å². The average molecular weight is 227 g/mol. The number of hydrogen-bond acceptors (Lipinski definition) is 1. The minimum atomic E-state index is -0.308. The first-order chi connectivity index (χ1) is 7.16. The highest BCUT2D eigenvalue weighted by atomic mass is 35.5. The molecule has 0 aliphatic heterocycles. The molecule has 1 atom stereocenters. The maximum Gasteiger partial charge on any atom is 0.169 e. The van der Waals surface area contributed by atoms with Crippen LogP contribution in [0.3, 0.4) is 0 Å². The van der Waals surface area contributed by atoms with Crippen molar-refractivity contribution in [3.63, 3.8) is 0 Å². The first-order valence-corrected chi connectivity index (χ1v) is 5.41. The predicted molar refractivity (Wildman–Crippen MR) is 59.8 cm³/mol. The van der Waals surface area contributed by atoms with Crippen LogP contribution in [0.15, 0.2) is 28.7 Å². The molecule has 15 heavy (non-hydrogen) atoms. The summed E-state index contributed by atoms with van der Waals surface area (Å²) in [5.74, 6) is 0.486. The Morgan fingerprint density at radius 2 is 2.27 bits per heavy atom. The number of fused-ring (bicyclic) bond motifs is 1. The van der Waals surface area contributed by atoms with Crippen molar-refractivity contribution < 1.29 is 8.81 Å². The van der Waals surface area contributed by atoms with Gasteiger partial charge in [-0.3, -0.25) is 0 Å². The van der Waals surface area contributed by atoms with Gasteiger partial charge in [-0.1, -0.05) is 12.1 Å². The van der Waals surface area contributed by atoms with Gasteiger partial charge in [-0.2, -0.15) is 0 Å². The molecule has 0 aliphatic carbocycles. The van der Waals surface area contributed by atoms with Crippen molar-refractivity contribution in [2.75, 3.05) is 0 Å². The Morgan fingerprint density at radius 3 is 2.93 bits per heavy atom. The van der Waals surface area contributed by atoms with Crippen LogP contribution in [0.25, 0.3) is 11.0 Å². The minimum absolute atomic E-state index is 0.114. The van der Waals surface area contributed by atoms with Crippen molar-refractivity contribution in [2.24, 2.45) is 0 Å². The summed E-state index contributed by atoms with van der Waals surface area (Å²) in [4.78, 5) is 0. The van der Waals surface area contributed by atoms with E-state index in [-0.39, 0.29) is 11.2 Å². The number of halogens is 2. The second-order valence-corrected chi connectivity index (χ2v) is 4.44. The molecule has 2 rings (SSSR count). The number of rotatable bonds is 3. The molecule has 0 aliphatic rings. The summed E-state index contributed by atoms with van der Waals surface area (Å²) in [6.45, 7) is 1.94. The summed E-state index contributed by atoms with van der Waals surface area (Å²) in [5.41, 5.74) is 0.342. The standard InChI is InChI=1S/C12H12ClFO/c1-8(13)5-6-10-7-9-3-2-4-11(14)12(9)15-10/h2-4,7-8H,5-6H2,1H3. The number of alkyl halides is 1. The zero-order valence-corrected chi connectivity index (χ0v) is 9.22. The number of benzene rings is 1. The Bertz CT molecular complexity index is 462. The van der Waals surface area contributed by atoms with Crippen LogP contribution < -0.4 is 0 Å². The summed E-state index contributed by atoms with van der Waals surface area (Å²) in [6, 6.07) is 6.80. The SMILES string of the molecule is CC(Cl)CCc1cc2cccc(F)c2o1. The predicted octanol–water partition coefficient (Wildman–Crippen LogP) is 4.13. The first kappa shape index (κ1) is 10.5. The fourth-order valence-electron chi connectivity index (χ4n) is 1.55. The maximum absolute atomic E-state index is 13.3. The van der Waals surface area contributed by atoms with E-state index in [0.29, 0.717) is 5.58 Å². The zero-order valence-electron chi connectivity index (χ0n) is 8.47. The third-order valence-corrected chi connectivity index (χ3v) is 2.55. The molecular weight excluding hydrogens is 215 g/mol. The third kappa shape index (κ3) is 2.32. The van der Waals surface area contributed by atoms with Crippen LogP contribution >= 0.6 is 11.6 Å². The van der Waals surface area contributed by atoms with E-state index < -0.39 is 0 Å². The Labute approximate surface area is 92.8 Å². The molecule has 1 unspecified atom stereocenters. The molecule has 0 radical (unpaired) electrons. The fourth-order valence-corrected chi connectivity index (χ4v) is 1.65. The highest BCUT2D eigenvalue weighted by Gasteiger charge is 2.08. The van der Waals surface area contributed by atoms with Gasteiger partial charge in [0.05, 0.1) is 0 Å². The normalized spacial score (nSPS) is 13.3. The van der Waals surface area contributed by atoms with Gasteiger partial charge in [-0.05, 0) is 25.5 Å². The van der Waals surface area contributed by atoms with Crippen LogP contribution in [0.4, 0.5) is 4.39 Å². The van der Waals surface area contributed by atoms with Gasteiger partial charge < -0.3 is 4.42 Å². The Kier molecular flexibility index (Phi) is 2.96. The van der Waals surface area contributed by atoms with Crippen molar-refractivity contribution in [1.29, 1.82) is 0 Å². The van der Waals surface area contributed by atoms with Gasteiger partial charge >= 0.3 is 0 Å². The lowest BCUT2D eigenvalue weighted by Crippen LogP contribution is -1.92. The van der Waals surface area contributed by atoms with Crippen molar-refractivity contribution in [3.05, 3.63) is 35.8 Å². The van der Waals surface area contributed by atoms with Crippen LogP contribution in [0.1, 0.15) is 19.1 Å². The number of furan rings is 1. The highest BCUT2D eigenvalue weighted by Crippen LogP contribution is 2.23. The number of aryl methyl sites for hydroxylation is 1. The molecule has 2 aromatic rings. The molecule has 80 valence electrons. The maximum atomic E-state index is 13.3. The topological polar surface area (TPSA) is 13.1 Å². The summed E-state index contributed by atoms with van der Waals surface area (Å²) in [5, 5.41) is 0.926. The van der Waals surface area contributed by atoms with E-state index in [1.165, 1.54) is 6.07 Å². The lowest BCUT2D eigenvalue weighted by atomic mass is 10.2. The van der Waals surface area contributed by atoms with E-state index in [1.807, 2.05) is 19.1 Å². The van der Waals surface area contributed by atoms with Gasteiger partial charge in [0.2, 0.25) is 0 Å². The first-order valence-electron chi connectivity index (χ1n) is 4.98.